The highest BCUT2D eigenvalue weighted by atomic mass is 16.5. The fraction of sp³-hybridized carbons (Fsp3) is 0.667. The van der Waals surface area contributed by atoms with Crippen LogP contribution >= 0.6 is 0 Å². The van der Waals surface area contributed by atoms with Crippen molar-refractivity contribution in [2.24, 2.45) is 0 Å². The summed E-state index contributed by atoms with van der Waals surface area (Å²) in [5.74, 6) is 0.801. The number of rotatable bonds is 11. The van der Waals surface area contributed by atoms with Gasteiger partial charge in [0.05, 0.1) is 12.3 Å². The molecule has 0 aliphatic heterocycles. The molecule has 3 nitrogen and oxygen atoms in total. The van der Waals surface area contributed by atoms with Crippen molar-refractivity contribution in [2.75, 3.05) is 32.0 Å². The van der Waals surface area contributed by atoms with E-state index in [1.54, 1.807) is 0 Å². The number of anilines is 1. The third kappa shape index (κ3) is 6.85. The highest BCUT2D eigenvalue weighted by Crippen LogP contribution is 2.22. The SMILES string of the molecule is CCCCN(CCCC)CCc1ccc(OCC)c(N)c1. The maximum atomic E-state index is 6.04. The van der Waals surface area contributed by atoms with Crippen molar-refractivity contribution in [2.45, 2.75) is 52.9 Å². The smallest absolute Gasteiger partial charge is 0.142 e. The highest BCUT2D eigenvalue weighted by molar-refractivity contribution is 5.54. The summed E-state index contributed by atoms with van der Waals surface area (Å²) in [7, 11) is 0. The molecule has 0 radical (unpaired) electrons. The van der Waals surface area contributed by atoms with Gasteiger partial charge in [0.15, 0.2) is 0 Å². The van der Waals surface area contributed by atoms with Crippen molar-refractivity contribution in [3.05, 3.63) is 23.8 Å². The van der Waals surface area contributed by atoms with Gasteiger partial charge in [-0.2, -0.15) is 0 Å². The number of nitrogens with zero attached hydrogens (tertiary/aromatic N) is 1. The van der Waals surface area contributed by atoms with Crippen LogP contribution < -0.4 is 10.5 Å². The van der Waals surface area contributed by atoms with Crippen LogP contribution in [0, 0.1) is 0 Å². The number of nitrogen functional groups attached to an aromatic ring is 1. The van der Waals surface area contributed by atoms with Gasteiger partial charge in [-0.1, -0.05) is 32.8 Å². The minimum absolute atomic E-state index is 0.658. The predicted molar refractivity (Wildman–Crippen MR) is 92.0 cm³/mol. The summed E-state index contributed by atoms with van der Waals surface area (Å²) in [5.41, 5.74) is 8.09. The zero-order valence-electron chi connectivity index (χ0n) is 14.0. The molecule has 2 N–H and O–H groups in total. The molecule has 0 spiro atoms. The van der Waals surface area contributed by atoms with Crippen LogP contribution in [0.5, 0.6) is 5.75 Å². The predicted octanol–water partition coefficient (Wildman–Crippen LogP) is 4.11. The van der Waals surface area contributed by atoms with Crippen LogP contribution in [0.2, 0.25) is 0 Å². The van der Waals surface area contributed by atoms with Crippen LogP contribution in [0.4, 0.5) is 5.69 Å². The Kier molecular flexibility index (Phi) is 8.91. The normalized spacial score (nSPS) is 11.0. The van der Waals surface area contributed by atoms with Gasteiger partial charge in [0.1, 0.15) is 5.75 Å². The molecule has 1 aromatic carbocycles. The number of benzene rings is 1. The average molecular weight is 292 g/mol. The molecule has 120 valence electrons. The Morgan fingerprint density at radius 2 is 1.67 bits per heavy atom. The van der Waals surface area contributed by atoms with Crippen molar-refractivity contribution in [1.29, 1.82) is 0 Å². The molecule has 0 aliphatic carbocycles. The Balaban J connectivity index is 2.51. The molecule has 0 atom stereocenters. The third-order valence-corrected chi connectivity index (χ3v) is 3.75. The van der Waals surface area contributed by atoms with E-state index in [2.05, 4.69) is 30.9 Å². The first kappa shape index (κ1) is 17.8. The van der Waals surface area contributed by atoms with Crippen molar-refractivity contribution < 1.29 is 4.74 Å². The molecule has 21 heavy (non-hydrogen) atoms. The summed E-state index contributed by atoms with van der Waals surface area (Å²) in [6.45, 7) is 10.7. The number of ether oxygens (including phenoxy) is 1. The molecular formula is C18H32N2O. The minimum Gasteiger partial charge on any atom is -0.492 e. The maximum absolute atomic E-state index is 6.04. The van der Waals surface area contributed by atoms with Crippen molar-refractivity contribution in [3.63, 3.8) is 0 Å². The third-order valence-electron chi connectivity index (χ3n) is 3.75. The highest BCUT2D eigenvalue weighted by Gasteiger charge is 2.06. The van der Waals surface area contributed by atoms with E-state index in [0.29, 0.717) is 6.61 Å². The largest absolute Gasteiger partial charge is 0.492 e. The van der Waals surface area contributed by atoms with Crippen LogP contribution in [0.3, 0.4) is 0 Å². The van der Waals surface area contributed by atoms with Gasteiger partial charge in [-0.25, -0.2) is 0 Å². The van der Waals surface area contributed by atoms with Gasteiger partial charge in [-0.05, 0) is 57.0 Å². The second-order valence-corrected chi connectivity index (χ2v) is 5.60. The van der Waals surface area contributed by atoms with Crippen molar-refractivity contribution >= 4 is 5.69 Å². The zero-order chi connectivity index (χ0) is 15.5. The van der Waals surface area contributed by atoms with Gasteiger partial charge >= 0.3 is 0 Å². The first-order valence-electron chi connectivity index (χ1n) is 8.44. The van der Waals surface area contributed by atoms with Crippen LogP contribution in [-0.4, -0.2) is 31.1 Å². The van der Waals surface area contributed by atoms with E-state index in [1.165, 1.54) is 44.3 Å². The lowest BCUT2D eigenvalue weighted by Crippen LogP contribution is -2.28. The van der Waals surface area contributed by atoms with E-state index in [1.807, 2.05) is 13.0 Å². The van der Waals surface area contributed by atoms with Crippen LogP contribution in [0.25, 0.3) is 0 Å². The lowest BCUT2D eigenvalue weighted by molar-refractivity contribution is 0.268. The summed E-state index contributed by atoms with van der Waals surface area (Å²) in [5, 5.41) is 0. The van der Waals surface area contributed by atoms with Gasteiger partial charge < -0.3 is 15.4 Å². The fourth-order valence-electron chi connectivity index (χ4n) is 2.43. The number of unbranched alkanes of at least 4 members (excludes halogenated alkanes) is 2. The molecule has 0 fully saturated rings. The molecule has 1 aromatic rings. The van der Waals surface area contributed by atoms with E-state index in [4.69, 9.17) is 10.5 Å². The minimum atomic E-state index is 0.658. The quantitative estimate of drug-likeness (QED) is 0.624. The van der Waals surface area contributed by atoms with Crippen LogP contribution in [-0.2, 0) is 6.42 Å². The topological polar surface area (TPSA) is 38.5 Å². The first-order chi connectivity index (χ1) is 10.2. The van der Waals surface area contributed by atoms with Gasteiger partial charge in [0.2, 0.25) is 0 Å². The Labute approximate surface area is 130 Å². The summed E-state index contributed by atoms with van der Waals surface area (Å²) < 4.78 is 5.49. The Hall–Kier alpha value is -1.22. The van der Waals surface area contributed by atoms with Crippen molar-refractivity contribution in [1.82, 2.24) is 4.90 Å². The average Bonchev–Trinajstić information content (AvgIpc) is 2.49. The maximum Gasteiger partial charge on any atom is 0.142 e. The molecule has 0 aliphatic rings. The summed E-state index contributed by atoms with van der Waals surface area (Å²) in [4.78, 5) is 2.58. The van der Waals surface area contributed by atoms with Gasteiger partial charge in [-0.3, -0.25) is 0 Å². The summed E-state index contributed by atoms with van der Waals surface area (Å²) in [6.07, 6.45) is 6.16. The van der Waals surface area contributed by atoms with E-state index in [-0.39, 0.29) is 0 Å². The number of nitrogens with two attached hydrogens (primary N) is 1. The fourth-order valence-corrected chi connectivity index (χ4v) is 2.43. The Morgan fingerprint density at radius 1 is 1.00 bits per heavy atom. The molecule has 0 unspecified atom stereocenters. The number of hydrogen-bond acceptors (Lipinski definition) is 3. The van der Waals surface area contributed by atoms with E-state index >= 15 is 0 Å². The van der Waals surface area contributed by atoms with Gasteiger partial charge in [0, 0.05) is 6.54 Å². The van der Waals surface area contributed by atoms with Crippen LogP contribution in [0.15, 0.2) is 18.2 Å². The molecule has 0 bridgehead atoms. The van der Waals surface area contributed by atoms with Crippen molar-refractivity contribution in [3.8, 4) is 5.75 Å². The molecule has 3 heteroatoms. The molecule has 0 aromatic heterocycles. The zero-order valence-corrected chi connectivity index (χ0v) is 14.0. The van der Waals surface area contributed by atoms with Crippen LogP contribution in [0.1, 0.15) is 52.0 Å². The summed E-state index contributed by atoms with van der Waals surface area (Å²) >= 11 is 0. The molecule has 0 heterocycles. The second kappa shape index (κ2) is 10.5. The lowest BCUT2D eigenvalue weighted by atomic mass is 10.1. The standard InChI is InChI=1S/C18H32N2O/c1-4-7-12-20(13-8-5-2)14-11-16-9-10-18(21-6-3)17(19)15-16/h9-10,15H,4-8,11-14,19H2,1-3H3. The van der Waals surface area contributed by atoms with E-state index in [9.17, 15) is 0 Å². The van der Waals surface area contributed by atoms with Gasteiger partial charge in [-0.15, -0.1) is 0 Å². The van der Waals surface area contributed by atoms with Gasteiger partial charge in [0.25, 0.3) is 0 Å². The molecule has 0 saturated heterocycles. The molecule has 1 rings (SSSR count). The lowest BCUT2D eigenvalue weighted by Gasteiger charge is -2.22. The molecule has 0 amide bonds. The first-order valence-corrected chi connectivity index (χ1v) is 8.44. The second-order valence-electron chi connectivity index (χ2n) is 5.60. The number of hydrogen-bond donors (Lipinski definition) is 1. The molecular weight excluding hydrogens is 260 g/mol. The Bertz CT molecular complexity index is 385. The van der Waals surface area contributed by atoms with E-state index < -0.39 is 0 Å². The Morgan fingerprint density at radius 3 is 2.19 bits per heavy atom. The van der Waals surface area contributed by atoms with E-state index in [0.717, 1.165) is 24.4 Å². The summed E-state index contributed by atoms with van der Waals surface area (Å²) in [6, 6.07) is 6.19. The molecule has 0 saturated carbocycles. The monoisotopic (exact) mass is 292 g/mol.